The van der Waals surface area contributed by atoms with Gasteiger partial charge >= 0.3 is 17.9 Å². The lowest BCUT2D eigenvalue weighted by atomic mass is 9.64. The van der Waals surface area contributed by atoms with Gasteiger partial charge in [0.15, 0.2) is 6.29 Å². The summed E-state index contributed by atoms with van der Waals surface area (Å²) < 4.78 is 15.6. The molecule has 3 aliphatic rings. The molecule has 0 radical (unpaired) electrons. The number of aliphatic hydroxyl groups is 1. The zero-order valence-electron chi connectivity index (χ0n) is 31.1. The Morgan fingerprint density at radius 3 is 2.23 bits per heavy atom. The molecule has 3 unspecified atom stereocenters. The second kappa shape index (κ2) is 14.4. The average Bonchev–Trinajstić information content (AvgIpc) is 3.79. The van der Waals surface area contributed by atoms with Gasteiger partial charge in [0.2, 0.25) is 0 Å². The van der Waals surface area contributed by atoms with Gasteiger partial charge in [-0.15, -0.1) is 0 Å². The predicted octanol–water partition coefficient (Wildman–Crippen LogP) is 3.94. The molecule has 1 aliphatic carbocycles. The van der Waals surface area contributed by atoms with Crippen LogP contribution < -0.4 is 16.0 Å². The van der Waals surface area contributed by atoms with Crippen LogP contribution >= 0.6 is 0 Å². The molecule has 1 fully saturated rings. The first kappa shape index (κ1) is 37.2. The first-order chi connectivity index (χ1) is 25.3. The number of hydrogen-bond donors (Lipinski definition) is 6. The zero-order valence-corrected chi connectivity index (χ0v) is 31.1. The second-order valence-electron chi connectivity index (χ2n) is 13.8. The minimum atomic E-state index is -1.09. The highest BCUT2D eigenvalue weighted by Crippen LogP contribution is 2.55. The lowest BCUT2D eigenvalue weighted by Crippen LogP contribution is -2.40. The Morgan fingerprint density at radius 1 is 0.868 bits per heavy atom. The highest BCUT2D eigenvalue weighted by molar-refractivity contribution is 5.98. The maximum Gasteiger partial charge on any atom is 0.334 e. The van der Waals surface area contributed by atoms with Gasteiger partial charge in [0.05, 0.1) is 25.2 Å². The minimum Gasteiger partial charge on any atom is -0.481 e. The van der Waals surface area contributed by atoms with Gasteiger partial charge in [-0.25, -0.2) is 4.79 Å². The van der Waals surface area contributed by atoms with Gasteiger partial charge in [-0.1, -0.05) is 24.8 Å². The second-order valence-corrected chi connectivity index (χ2v) is 13.8. The van der Waals surface area contributed by atoms with Crippen molar-refractivity contribution in [3.8, 4) is 0 Å². The third-order valence-electron chi connectivity index (χ3n) is 11.0. The molecule has 0 saturated carbocycles. The fourth-order valence-corrected chi connectivity index (χ4v) is 7.91. The summed E-state index contributed by atoms with van der Waals surface area (Å²) in [5.74, 6) is -3.16. The van der Waals surface area contributed by atoms with Crippen molar-refractivity contribution in [2.75, 3.05) is 21.3 Å². The maximum absolute atomic E-state index is 13.7. The van der Waals surface area contributed by atoms with E-state index in [0.29, 0.717) is 25.0 Å². The Bertz CT molecular complexity index is 2290. The van der Waals surface area contributed by atoms with E-state index in [2.05, 4.69) is 26.8 Å². The fourth-order valence-electron chi connectivity index (χ4n) is 7.91. The number of allylic oxidation sites excluding steroid dienone is 4. The van der Waals surface area contributed by atoms with Gasteiger partial charge in [0, 0.05) is 70.4 Å². The molecule has 5 heterocycles. The van der Waals surface area contributed by atoms with Gasteiger partial charge in [-0.3, -0.25) is 9.59 Å². The van der Waals surface area contributed by atoms with E-state index in [1.165, 1.54) is 21.3 Å². The van der Waals surface area contributed by atoms with E-state index in [4.69, 9.17) is 14.2 Å². The molecule has 3 atom stereocenters. The number of carboxylic acids is 1. The number of H-pyrrole nitrogens is 3. The smallest absolute Gasteiger partial charge is 0.334 e. The van der Waals surface area contributed by atoms with Crippen LogP contribution in [-0.4, -0.2) is 70.7 Å². The molecule has 53 heavy (non-hydrogen) atoms. The fraction of sp³-hybridized carbons (Fsp3) is 0.341. The first-order valence-corrected chi connectivity index (χ1v) is 17.5. The first-order valence-electron chi connectivity index (χ1n) is 17.5. The zero-order chi connectivity index (χ0) is 38.4. The van der Waals surface area contributed by atoms with Crippen LogP contribution in [0.4, 0.5) is 0 Å². The van der Waals surface area contributed by atoms with Crippen LogP contribution in [0, 0.1) is 32.1 Å². The van der Waals surface area contributed by atoms with Crippen molar-refractivity contribution in [1.29, 1.82) is 0 Å². The standard InChI is InChI=1S/C41H46N4O8/c1-9-23-20(2)29-17-34-27-13-10-26(39(49)52-7)38(40(50)53-8)41(27,5)35(45-34)19-30-22(4)25(12-15-37(48)51-6)33(44-30)18-32-24(11-14-36(46)47)21(3)28(43-32)16-31(23)42-29/h9-10,13,16-19,37-38,42-45,48H,1,11-12,14-15H2,2-8H3,(H,46,47). The summed E-state index contributed by atoms with van der Waals surface area (Å²) in [6.45, 7) is 12.0. The number of fused-ring (bicyclic) bond motifs is 11. The number of aliphatic hydroxyl groups excluding tert-OH is 1. The predicted molar refractivity (Wildman–Crippen MR) is 201 cm³/mol. The van der Waals surface area contributed by atoms with Crippen LogP contribution in [0.2, 0.25) is 0 Å². The topological polar surface area (TPSA) is 179 Å². The van der Waals surface area contributed by atoms with Crippen molar-refractivity contribution in [2.24, 2.45) is 11.3 Å². The number of rotatable bonds is 10. The van der Waals surface area contributed by atoms with E-state index in [1.807, 2.05) is 58.1 Å². The monoisotopic (exact) mass is 722 g/mol. The van der Waals surface area contributed by atoms with Crippen LogP contribution in [0.1, 0.15) is 75.9 Å². The molecule has 12 nitrogen and oxygen atoms in total. The molecule has 12 heteroatoms. The molecule has 8 bridgehead atoms. The van der Waals surface area contributed by atoms with E-state index in [-0.39, 0.29) is 12.0 Å². The molecule has 0 amide bonds. The summed E-state index contributed by atoms with van der Waals surface area (Å²) >= 11 is 0. The van der Waals surface area contributed by atoms with Crippen LogP contribution in [-0.2, 0) is 41.4 Å². The van der Waals surface area contributed by atoms with E-state index >= 15 is 0 Å². The van der Waals surface area contributed by atoms with Crippen LogP contribution in [0.15, 0.2) is 41.3 Å². The van der Waals surface area contributed by atoms with Crippen molar-refractivity contribution in [3.05, 3.63) is 108 Å². The van der Waals surface area contributed by atoms with Gasteiger partial charge in [0.1, 0.15) is 5.92 Å². The van der Waals surface area contributed by atoms with E-state index < -0.39 is 35.5 Å². The Hall–Kier alpha value is -5.59. The molecule has 0 spiro atoms. The number of esters is 2. The number of nitrogens with one attached hydrogen (secondary N) is 4. The molecular formula is C41H46N4O8. The SMILES string of the molecule is C=Cc1c2[nH]c(c1C)C=C1NC(=Cc3[nH]c(c(CCC(O)OC)c3C)C=c3[nH]c(c(C)c3CCC(=O)O)=C2)C2(C)C1=CC=C(C(=O)OC)C2C(=O)OC. The van der Waals surface area contributed by atoms with Gasteiger partial charge < -0.3 is 44.7 Å². The van der Waals surface area contributed by atoms with E-state index in [1.54, 1.807) is 12.2 Å². The maximum atomic E-state index is 13.7. The molecule has 3 aromatic heterocycles. The number of methoxy groups -OCH3 is 3. The molecule has 3 aromatic rings. The molecule has 1 saturated heterocycles. The number of carboxylic acid groups (broad SMARTS) is 1. The number of hydrogen-bond acceptors (Lipinski definition) is 8. The minimum absolute atomic E-state index is 0.0479. The summed E-state index contributed by atoms with van der Waals surface area (Å²) in [7, 11) is 4.03. The van der Waals surface area contributed by atoms with Crippen molar-refractivity contribution >= 4 is 48.3 Å². The summed E-state index contributed by atoms with van der Waals surface area (Å²) in [6, 6.07) is 0. The largest absolute Gasteiger partial charge is 0.481 e. The lowest BCUT2D eigenvalue weighted by molar-refractivity contribution is -0.150. The summed E-state index contributed by atoms with van der Waals surface area (Å²) in [5, 5.41) is 25.2. The number of aliphatic carboxylic acids is 1. The highest BCUT2D eigenvalue weighted by Gasteiger charge is 2.55. The van der Waals surface area contributed by atoms with Crippen molar-refractivity contribution < 1.29 is 38.8 Å². The van der Waals surface area contributed by atoms with E-state index in [0.717, 1.165) is 78.1 Å². The molecule has 6 rings (SSSR count). The number of ether oxygens (including phenoxy) is 3. The average molecular weight is 723 g/mol. The van der Waals surface area contributed by atoms with E-state index in [9.17, 15) is 24.6 Å². The molecule has 2 aliphatic heterocycles. The summed E-state index contributed by atoms with van der Waals surface area (Å²) in [5.41, 5.74) is 9.81. The lowest BCUT2D eigenvalue weighted by Gasteiger charge is -2.36. The highest BCUT2D eigenvalue weighted by atomic mass is 16.6. The van der Waals surface area contributed by atoms with Crippen LogP contribution in [0.3, 0.4) is 0 Å². The molecular weight excluding hydrogens is 676 g/mol. The Balaban J connectivity index is 1.72. The Labute approximate surface area is 307 Å². The normalized spacial score (nSPS) is 19.3. The van der Waals surface area contributed by atoms with Crippen LogP contribution in [0.5, 0.6) is 0 Å². The Morgan fingerprint density at radius 2 is 1.57 bits per heavy atom. The molecule has 0 aromatic carbocycles. The van der Waals surface area contributed by atoms with Crippen LogP contribution in [0.25, 0.3) is 30.4 Å². The molecule has 278 valence electrons. The van der Waals surface area contributed by atoms with Crippen molar-refractivity contribution in [3.63, 3.8) is 0 Å². The van der Waals surface area contributed by atoms with Gasteiger partial charge in [-0.2, -0.15) is 0 Å². The van der Waals surface area contributed by atoms with Gasteiger partial charge in [-0.05, 0) is 98.2 Å². The summed E-state index contributed by atoms with van der Waals surface area (Å²) in [6.07, 6.45) is 13.3. The van der Waals surface area contributed by atoms with Crippen molar-refractivity contribution in [2.45, 2.75) is 59.7 Å². The molecule has 6 N–H and O–H groups in total. The number of carbonyl (C=O) groups excluding carboxylic acids is 2. The quantitative estimate of drug-likeness (QED) is 0.134. The Kier molecular flexibility index (Phi) is 10.1. The van der Waals surface area contributed by atoms with Crippen molar-refractivity contribution in [1.82, 2.24) is 20.3 Å². The number of carbonyl (C=O) groups is 3. The third kappa shape index (κ3) is 6.42. The number of aromatic amines is 3. The van der Waals surface area contributed by atoms with Gasteiger partial charge in [0.25, 0.3) is 0 Å². The third-order valence-corrected chi connectivity index (χ3v) is 11.0. The summed E-state index contributed by atoms with van der Waals surface area (Å²) in [4.78, 5) is 49.3. The number of aromatic nitrogens is 3.